The Kier molecular flexibility index (Phi) is 5.68. The van der Waals surface area contributed by atoms with Gasteiger partial charge in [-0.05, 0) is 12.1 Å². The van der Waals surface area contributed by atoms with E-state index >= 15 is 0 Å². The molecule has 1 aromatic heterocycles. The fourth-order valence-electron chi connectivity index (χ4n) is 1.74. The number of benzene rings is 1. The number of nitro groups is 1. The van der Waals surface area contributed by atoms with Crippen LogP contribution >= 0.6 is 0 Å². The predicted octanol–water partition coefficient (Wildman–Crippen LogP) is 1.38. The number of anilines is 1. The molecule has 0 aliphatic carbocycles. The molecule has 0 unspecified atom stereocenters. The fraction of sp³-hybridized carbons (Fsp3) is 0.273. The molecule has 2 aromatic rings. The molecule has 0 bridgehead atoms. The molecule has 2 rings (SSSR count). The van der Waals surface area contributed by atoms with Crippen LogP contribution in [0.3, 0.4) is 0 Å². The number of nitrogens with one attached hydrogen (secondary N) is 1. The van der Waals surface area contributed by atoms with Crippen LogP contribution in [-0.2, 0) is 14.6 Å². The van der Waals surface area contributed by atoms with Crippen LogP contribution in [0.15, 0.2) is 34.8 Å². The van der Waals surface area contributed by atoms with E-state index in [9.17, 15) is 18.5 Å². The summed E-state index contributed by atoms with van der Waals surface area (Å²) in [4.78, 5) is 15.8. The zero-order valence-electron chi connectivity index (χ0n) is 12.8. The van der Waals surface area contributed by atoms with Crippen LogP contribution in [-0.4, -0.2) is 53.3 Å². The molecule has 0 spiro atoms. The molecule has 0 amide bonds. The van der Waals surface area contributed by atoms with E-state index in [1.54, 1.807) is 7.05 Å². The average molecular weight is 371 g/mol. The number of azo groups is 1. The van der Waals surface area contributed by atoms with Crippen molar-refractivity contribution in [3.8, 4) is 0 Å². The van der Waals surface area contributed by atoms with Crippen molar-refractivity contribution in [2.24, 2.45) is 10.2 Å². The van der Waals surface area contributed by atoms with Gasteiger partial charge in [0, 0.05) is 25.3 Å². The number of nitrogens with zero attached hydrogens (tertiary/aromatic N) is 6. The van der Waals surface area contributed by atoms with Gasteiger partial charge in [0.1, 0.15) is 6.33 Å². The third-order valence-electron chi connectivity index (χ3n) is 2.91. The Morgan fingerprint density at radius 3 is 2.80 bits per heavy atom. The second-order valence-electron chi connectivity index (χ2n) is 4.61. The third kappa shape index (κ3) is 5.55. The Hall–Kier alpha value is -2.97. The summed E-state index contributed by atoms with van der Waals surface area (Å²) in [6.45, 7) is -0.258. The van der Waals surface area contributed by atoms with Crippen molar-refractivity contribution in [3.63, 3.8) is 0 Å². The standard InChI is InChI=1S/C11H13N7O6S/c1-17(4-5-24-25(21,22)23)8-2-3-9(10(6-8)18(19)20)14-16-11-12-7-13-15-11/h2-3,6-7H,4-5H2,1H3,(H,12,13,15)(H,21,22,23). The van der Waals surface area contributed by atoms with Crippen LogP contribution in [0.25, 0.3) is 0 Å². The van der Waals surface area contributed by atoms with Crippen molar-refractivity contribution in [3.05, 3.63) is 34.6 Å². The van der Waals surface area contributed by atoms with Gasteiger partial charge in [-0.15, -0.1) is 10.2 Å². The highest BCUT2D eigenvalue weighted by Gasteiger charge is 2.16. The van der Waals surface area contributed by atoms with Gasteiger partial charge in [-0.25, -0.2) is 9.28 Å². The molecular formula is C11H13N7O6S. The first kappa shape index (κ1) is 18.4. The maximum atomic E-state index is 11.2. The molecule has 0 atom stereocenters. The summed E-state index contributed by atoms with van der Waals surface area (Å²) in [6, 6.07) is 4.17. The number of likely N-dealkylation sites (N-methyl/N-ethyl adjacent to an activating group) is 1. The molecule has 25 heavy (non-hydrogen) atoms. The summed E-state index contributed by atoms with van der Waals surface area (Å²) in [7, 11) is -2.96. The Balaban J connectivity index is 2.16. The maximum Gasteiger partial charge on any atom is 0.397 e. The van der Waals surface area contributed by atoms with Crippen molar-refractivity contribution < 1.29 is 22.1 Å². The highest BCUT2D eigenvalue weighted by atomic mass is 32.3. The number of hydrogen-bond acceptors (Lipinski definition) is 10. The second-order valence-corrected chi connectivity index (χ2v) is 5.70. The fourth-order valence-corrected chi connectivity index (χ4v) is 2.02. The Morgan fingerprint density at radius 1 is 1.44 bits per heavy atom. The molecular weight excluding hydrogens is 358 g/mol. The molecule has 0 radical (unpaired) electrons. The van der Waals surface area contributed by atoms with E-state index in [1.807, 2.05) is 0 Å². The molecule has 2 N–H and O–H groups in total. The SMILES string of the molecule is CN(CCOS(=O)(=O)O)c1ccc(N=Nc2ncn[nH]2)c([N+](=O)[O-])c1. The Bertz CT molecular complexity index is 867. The summed E-state index contributed by atoms with van der Waals surface area (Å²) < 4.78 is 33.7. The molecule has 0 fully saturated rings. The minimum atomic E-state index is -4.54. The summed E-state index contributed by atoms with van der Waals surface area (Å²) in [5.74, 6) is 0.0952. The molecule has 0 aliphatic heterocycles. The largest absolute Gasteiger partial charge is 0.397 e. The maximum absolute atomic E-state index is 11.2. The van der Waals surface area contributed by atoms with Gasteiger partial charge in [0.15, 0.2) is 5.69 Å². The van der Waals surface area contributed by atoms with E-state index in [4.69, 9.17) is 4.55 Å². The van der Waals surface area contributed by atoms with E-state index in [0.29, 0.717) is 5.69 Å². The van der Waals surface area contributed by atoms with Crippen LogP contribution in [0.2, 0.25) is 0 Å². The molecule has 1 heterocycles. The van der Waals surface area contributed by atoms with Gasteiger partial charge >= 0.3 is 10.4 Å². The zero-order chi connectivity index (χ0) is 18.4. The van der Waals surface area contributed by atoms with Crippen LogP contribution in [0, 0.1) is 10.1 Å². The smallest absolute Gasteiger partial charge is 0.372 e. The lowest BCUT2D eigenvalue weighted by Crippen LogP contribution is -2.23. The van der Waals surface area contributed by atoms with Crippen LogP contribution in [0.4, 0.5) is 23.0 Å². The van der Waals surface area contributed by atoms with Gasteiger partial charge < -0.3 is 4.90 Å². The van der Waals surface area contributed by atoms with Crippen LogP contribution < -0.4 is 4.90 Å². The van der Waals surface area contributed by atoms with Gasteiger partial charge in [-0.2, -0.15) is 18.5 Å². The van der Waals surface area contributed by atoms with E-state index in [1.165, 1.54) is 29.4 Å². The van der Waals surface area contributed by atoms with E-state index in [0.717, 1.165) is 0 Å². The normalized spacial score (nSPS) is 11.8. The molecule has 0 aliphatic rings. The van der Waals surface area contributed by atoms with Crippen molar-refractivity contribution in [2.45, 2.75) is 0 Å². The Morgan fingerprint density at radius 2 is 2.20 bits per heavy atom. The van der Waals surface area contributed by atoms with E-state index in [-0.39, 0.29) is 30.5 Å². The molecule has 14 heteroatoms. The minimum absolute atomic E-state index is 0.00716. The van der Waals surface area contributed by atoms with Crippen molar-refractivity contribution in [1.82, 2.24) is 15.2 Å². The number of nitro benzene ring substituents is 1. The van der Waals surface area contributed by atoms with Gasteiger partial charge in [-0.1, -0.05) is 0 Å². The lowest BCUT2D eigenvalue weighted by Gasteiger charge is -2.18. The quantitative estimate of drug-likeness (QED) is 0.300. The van der Waals surface area contributed by atoms with Gasteiger partial charge in [0.2, 0.25) is 0 Å². The minimum Gasteiger partial charge on any atom is -0.372 e. The van der Waals surface area contributed by atoms with Crippen molar-refractivity contribution in [2.75, 3.05) is 25.1 Å². The van der Waals surface area contributed by atoms with Crippen molar-refractivity contribution in [1.29, 1.82) is 0 Å². The second kappa shape index (κ2) is 7.73. The first-order valence-corrected chi connectivity index (χ1v) is 8.01. The summed E-state index contributed by atoms with van der Waals surface area (Å²) >= 11 is 0. The molecule has 134 valence electrons. The lowest BCUT2D eigenvalue weighted by atomic mass is 10.2. The number of hydrogen-bond donors (Lipinski definition) is 2. The first-order chi connectivity index (χ1) is 11.8. The summed E-state index contributed by atoms with van der Waals surface area (Å²) in [6.07, 6.45) is 1.22. The number of aromatic amines is 1. The van der Waals surface area contributed by atoms with E-state index < -0.39 is 15.3 Å². The molecule has 0 saturated heterocycles. The van der Waals surface area contributed by atoms with E-state index in [2.05, 4.69) is 29.6 Å². The number of aromatic nitrogens is 3. The van der Waals surface area contributed by atoms with Gasteiger partial charge in [0.05, 0.1) is 11.5 Å². The average Bonchev–Trinajstić information content (AvgIpc) is 3.04. The Labute approximate surface area is 141 Å². The van der Waals surface area contributed by atoms with Crippen LogP contribution in [0.1, 0.15) is 0 Å². The highest BCUT2D eigenvalue weighted by molar-refractivity contribution is 7.80. The summed E-state index contributed by atoms with van der Waals surface area (Å²) in [5, 5.41) is 24.7. The molecule has 13 nitrogen and oxygen atoms in total. The number of rotatable bonds is 8. The van der Waals surface area contributed by atoms with Crippen LogP contribution in [0.5, 0.6) is 0 Å². The topological polar surface area (TPSA) is 176 Å². The first-order valence-electron chi connectivity index (χ1n) is 6.65. The lowest BCUT2D eigenvalue weighted by molar-refractivity contribution is -0.384. The molecule has 1 aromatic carbocycles. The zero-order valence-corrected chi connectivity index (χ0v) is 13.6. The van der Waals surface area contributed by atoms with Crippen molar-refractivity contribution >= 4 is 33.4 Å². The summed E-state index contributed by atoms with van der Waals surface area (Å²) in [5.41, 5.74) is 0.125. The monoisotopic (exact) mass is 371 g/mol. The molecule has 0 saturated carbocycles. The predicted molar refractivity (Wildman–Crippen MR) is 84.4 cm³/mol. The third-order valence-corrected chi connectivity index (χ3v) is 3.37. The highest BCUT2D eigenvalue weighted by Crippen LogP contribution is 2.32. The number of H-pyrrole nitrogens is 1. The van der Waals surface area contributed by atoms with Gasteiger partial charge in [0.25, 0.3) is 11.6 Å². The van der Waals surface area contributed by atoms with Gasteiger partial charge in [-0.3, -0.25) is 14.7 Å².